The monoisotopic (exact) mass is 346 g/mol. The largest absolute Gasteiger partial charge is 0.478 e. The molecule has 0 amide bonds. The lowest BCUT2D eigenvalue weighted by Gasteiger charge is -2.29. The van der Waals surface area contributed by atoms with E-state index in [1.165, 1.54) is 5.56 Å². The van der Waals surface area contributed by atoms with Crippen LogP contribution in [-0.2, 0) is 19.5 Å². The summed E-state index contributed by atoms with van der Waals surface area (Å²) >= 11 is 3.43. The Bertz CT molecular complexity index is 688. The van der Waals surface area contributed by atoms with Crippen LogP contribution in [0, 0.1) is 0 Å². The molecule has 0 saturated heterocycles. The van der Waals surface area contributed by atoms with Crippen LogP contribution in [0.3, 0.4) is 0 Å². The Morgan fingerprint density at radius 2 is 2.14 bits per heavy atom. The quantitative estimate of drug-likeness (QED) is 0.927. The predicted molar refractivity (Wildman–Crippen MR) is 83.2 cm³/mol. The fraction of sp³-hybridized carbons (Fsp3) is 0.250. The van der Waals surface area contributed by atoms with Crippen LogP contribution in [0.1, 0.15) is 27.0 Å². The zero-order valence-corrected chi connectivity index (χ0v) is 13.0. The molecule has 0 radical (unpaired) electrons. The van der Waals surface area contributed by atoms with E-state index >= 15 is 0 Å². The van der Waals surface area contributed by atoms with Gasteiger partial charge in [0.2, 0.25) is 0 Å². The molecule has 4 nitrogen and oxygen atoms in total. The summed E-state index contributed by atoms with van der Waals surface area (Å²) in [5.41, 5.74) is 3.88. The number of hydrogen-bond acceptors (Lipinski definition) is 3. The van der Waals surface area contributed by atoms with Gasteiger partial charge in [0, 0.05) is 36.5 Å². The van der Waals surface area contributed by atoms with Gasteiger partial charge in [-0.25, -0.2) is 4.79 Å². The zero-order valence-electron chi connectivity index (χ0n) is 11.4. The van der Waals surface area contributed by atoms with Gasteiger partial charge in [-0.3, -0.25) is 9.88 Å². The molecule has 21 heavy (non-hydrogen) atoms. The molecule has 0 atom stereocenters. The third-order valence-corrected chi connectivity index (χ3v) is 4.15. The van der Waals surface area contributed by atoms with E-state index in [0.29, 0.717) is 5.56 Å². The first-order valence-electron chi connectivity index (χ1n) is 6.79. The number of nitrogens with zero attached hydrogens (tertiary/aromatic N) is 2. The molecule has 1 N–H and O–H groups in total. The van der Waals surface area contributed by atoms with E-state index in [1.54, 1.807) is 18.3 Å². The number of halogens is 1. The molecular weight excluding hydrogens is 332 g/mol. The maximum Gasteiger partial charge on any atom is 0.335 e. The molecule has 5 heteroatoms. The van der Waals surface area contributed by atoms with E-state index < -0.39 is 5.97 Å². The third-order valence-electron chi connectivity index (χ3n) is 3.71. The van der Waals surface area contributed by atoms with Gasteiger partial charge in [-0.15, -0.1) is 0 Å². The Morgan fingerprint density at radius 1 is 1.29 bits per heavy atom. The van der Waals surface area contributed by atoms with Crippen LogP contribution in [-0.4, -0.2) is 27.5 Å². The standard InChI is InChI=1S/C16H15BrN2O2/c17-15-5-11(7-18-8-15)9-19-4-3-12-1-2-13(16(20)21)6-14(12)10-19/h1-2,5-8H,3-4,9-10H2,(H,20,21). The molecular formula is C16H15BrN2O2. The number of fused-ring (bicyclic) bond motifs is 1. The first kappa shape index (κ1) is 14.2. The molecule has 0 aliphatic carbocycles. The van der Waals surface area contributed by atoms with Crippen LogP contribution in [0.4, 0.5) is 0 Å². The minimum absolute atomic E-state index is 0.361. The number of pyridine rings is 1. The average molecular weight is 347 g/mol. The second-order valence-electron chi connectivity index (χ2n) is 5.26. The van der Waals surface area contributed by atoms with Crippen LogP contribution in [0.2, 0.25) is 0 Å². The van der Waals surface area contributed by atoms with Gasteiger partial charge in [-0.05, 0) is 57.2 Å². The Labute approximate surface area is 131 Å². The molecule has 3 rings (SSSR count). The first-order chi connectivity index (χ1) is 10.1. The number of carboxylic acid groups (broad SMARTS) is 1. The van der Waals surface area contributed by atoms with Crippen LogP contribution >= 0.6 is 15.9 Å². The van der Waals surface area contributed by atoms with Crippen molar-refractivity contribution in [2.75, 3.05) is 6.54 Å². The van der Waals surface area contributed by atoms with Crippen LogP contribution in [0.25, 0.3) is 0 Å². The Balaban J connectivity index is 1.77. The lowest BCUT2D eigenvalue weighted by atomic mass is 9.97. The van der Waals surface area contributed by atoms with Crippen LogP contribution in [0.15, 0.2) is 41.1 Å². The van der Waals surface area contributed by atoms with E-state index in [2.05, 4.69) is 31.9 Å². The third kappa shape index (κ3) is 3.31. The van der Waals surface area contributed by atoms with Gasteiger partial charge in [0.15, 0.2) is 0 Å². The molecule has 1 aliphatic heterocycles. The Morgan fingerprint density at radius 3 is 2.90 bits per heavy atom. The summed E-state index contributed by atoms with van der Waals surface area (Å²) in [6.45, 7) is 2.58. The number of benzene rings is 1. The fourth-order valence-electron chi connectivity index (χ4n) is 2.68. The number of aromatic carboxylic acids is 1. The summed E-state index contributed by atoms with van der Waals surface area (Å²) < 4.78 is 0.977. The Kier molecular flexibility index (Phi) is 4.03. The van der Waals surface area contributed by atoms with E-state index in [0.717, 1.165) is 41.7 Å². The minimum Gasteiger partial charge on any atom is -0.478 e. The van der Waals surface area contributed by atoms with Crippen molar-refractivity contribution in [2.24, 2.45) is 0 Å². The van der Waals surface area contributed by atoms with Gasteiger partial charge in [-0.2, -0.15) is 0 Å². The molecule has 0 saturated carbocycles. The summed E-state index contributed by atoms with van der Waals surface area (Å²) in [6.07, 6.45) is 4.60. The van der Waals surface area contributed by atoms with Gasteiger partial charge < -0.3 is 5.11 Å². The van der Waals surface area contributed by atoms with Crippen molar-refractivity contribution < 1.29 is 9.90 Å². The maximum absolute atomic E-state index is 11.1. The van der Waals surface area contributed by atoms with Crippen molar-refractivity contribution in [3.05, 3.63) is 63.4 Å². The second-order valence-corrected chi connectivity index (χ2v) is 6.18. The molecule has 0 bridgehead atoms. The number of rotatable bonds is 3. The molecule has 0 fully saturated rings. The molecule has 108 valence electrons. The van der Waals surface area contributed by atoms with Crippen molar-refractivity contribution in [3.8, 4) is 0 Å². The summed E-state index contributed by atoms with van der Waals surface area (Å²) in [4.78, 5) is 17.6. The molecule has 1 aromatic heterocycles. The van der Waals surface area contributed by atoms with Gasteiger partial charge in [-0.1, -0.05) is 6.07 Å². The minimum atomic E-state index is -0.869. The molecule has 1 aliphatic rings. The highest BCUT2D eigenvalue weighted by Gasteiger charge is 2.18. The van der Waals surface area contributed by atoms with Crippen molar-refractivity contribution in [1.29, 1.82) is 0 Å². The maximum atomic E-state index is 11.1. The van der Waals surface area contributed by atoms with E-state index in [4.69, 9.17) is 5.11 Å². The summed E-state index contributed by atoms with van der Waals surface area (Å²) in [7, 11) is 0. The summed E-state index contributed by atoms with van der Waals surface area (Å²) in [6, 6.07) is 7.49. The highest BCUT2D eigenvalue weighted by atomic mass is 79.9. The zero-order chi connectivity index (χ0) is 14.8. The SMILES string of the molecule is O=C(O)c1ccc2c(c1)CN(Cc1cncc(Br)c1)CC2. The normalized spacial score (nSPS) is 14.7. The van der Waals surface area contributed by atoms with Crippen LogP contribution < -0.4 is 0 Å². The first-order valence-corrected chi connectivity index (χ1v) is 7.58. The van der Waals surface area contributed by atoms with Gasteiger partial charge in [0.05, 0.1) is 5.56 Å². The van der Waals surface area contributed by atoms with Gasteiger partial charge in [0.1, 0.15) is 0 Å². The summed E-state index contributed by atoms with van der Waals surface area (Å²) in [5.74, 6) is -0.869. The van der Waals surface area contributed by atoms with Crippen molar-refractivity contribution in [2.45, 2.75) is 19.5 Å². The summed E-state index contributed by atoms with van der Waals surface area (Å²) in [5, 5.41) is 9.09. The van der Waals surface area contributed by atoms with Gasteiger partial charge >= 0.3 is 5.97 Å². The molecule has 2 aromatic rings. The average Bonchev–Trinajstić information content (AvgIpc) is 2.46. The highest BCUT2D eigenvalue weighted by Crippen LogP contribution is 2.22. The van der Waals surface area contributed by atoms with Crippen LogP contribution in [0.5, 0.6) is 0 Å². The van der Waals surface area contributed by atoms with E-state index in [-0.39, 0.29) is 0 Å². The number of carbonyl (C=O) groups is 1. The van der Waals surface area contributed by atoms with Crippen molar-refractivity contribution in [3.63, 3.8) is 0 Å². The topological polar surface area (TPSA) is 53.4 Å². The number of hydrogen-bond donors (Lipinski definition) is 1. The van der Waals surface area contributed by atoms with E-state index in [1.807, 2.05) is 12.3 Å². The van der Waals surface area contributed by atoms with Crippen molar-refractivity contribution >= 4 is 21.9 Å². The lowest BCUT2D eigenvalue weighted by Crippen LogP contribution is -2.30. The second kappa shape index (κ2) is 5.95. The fourth-order valence-corrected chi connectivity index (χ4v) is 3.10. The lowest BCUT2D eigenvalue weighted by molar-refractivity contribution is 0.0696. The van der Waals surface area contributed by atoms with Crippen molar-refractivity contribution in [1.82, 2.24) is 9.88 Å². The Hall–Kier alpha value is -1.72. The predicted octanol–water partition coefficient (Wildman–Crippen LogP) is 3.10. The van der Waals surface area contributed by atoms with Gasteiger partial charge in [0.25, 0.3) is 0 Å². The van der Waals surface area contributed by atoms with E-state index in [9.17, 15) is 4.79 Å². The molecule has 2 heterocycles. The molecule has 0 spiro atoms. The smallest absolute Gasteiger partial charge is 0.335 e. The molecule has 1 aromatic carbocycles. The number of carboxylic acids is 1. The molecule has 0 unspecified atom stereocenters. The highest BCUT2D eigenvalue weighted by molar-refractivity contribution is 9.10. The number of aromatic nitrogens is 1.